The maximum absolute atomic E-state index is 12.3. The number of benzene rings is 1. The second kappa shape index (κ2) is 8.82. The quantitative estimate of drug-likeness (QED) is 0.782. The Morgan fingerprint density at radius 3 is 2.41 bits per heavy atom. The lowest BCUT2D eigenvalue weighted by Gasteiger charge is -2.28. The van der Waals surface area contributed by atoms with Crippen molar-refractivity contribution in [1.29, 1.82) is 0 Å². The van der Waals surface area contributed by atoms with E-state index in [4.69, 9.17) is 0 Å². The minimum atomic E-state index is 0.140. The molecule has 1 aromatic rings. The van der Waals surface area contributed by atoms with E-state index in [1.165, 1.54) is 24.9 Å². The Kier molecular flexibility index (Phi) is 6.75. The highest BCUT2D eigenvalue weighted by Crippen LogP contribution is 2.22. The molecular weight excluding hydrogens is 272 g/mol. The Morgan fingerprint density at radius 2 is 1.82 bits per heavy atom. The highest BCUT2D eigenvalue weighted by Gasteiger charge is 2.16. The van der Waals surface area contributed by atoms with Gasteiger partial charge in [0, 0.05) is 30.4 Å². The fourth-order valence-corrected chi connectivity index (χ4v) is 3.12. The molecule has 2 rings (SSSR count). The monoisotopic (exact) mass is 302 g/mol. The number of carbonyl (C=O) groups excluding carboxylic acids is 1. The number of nitrogens with one attached hydrogen (secondary N) is 1. The van der Waals surface area contributed by atoms with Crippen LogP contribution in [0.25, 0.3) is 0 Å². The summed E-state index contributed by atoms with van der Waals surface area (Å²) < 4.78 is 0. The Labute approximate surface area is 135 Å². The van der Waals surface area contributed by atoms with Crippen LogP contribution in [0.4, 0.5) is 11.4 Å². The highest BCUT2D eigenvalue weighted by molar-refractivity contribution is 5.92. The number of rotatable bonds is 7. The van der Waals surface area contributed by atoms with Gasteiger partial charge in [0.05, 0.1) is 0 Å². The zero-order chi connectivity index (χ0) is 15.8. The van der Waals surface area contributed by atoms with Gasteiger partial charge in [-0.3, -0.25) is 4.79 Å². The molecule has 3 heteroatoms. The fraction of sp³-hybridized carbons (Fsp3) is 0.632. The fourth-order valence-electron chi connectivity index (χ4n) is 3.12. The van der Waals surface area contributed by atoms with Gasteiger partial charge in [0.1, 0.15) is 0 Å². The van der Waals surface area contributed by atoms with Gasteiger partial charge < -0.3 is 10.2 Å². The van der Waals surface area contributed by atoms with Crippen molar-refractivity contribution in [1.82, 2.24) is 0 Å². The van der Waals surface area contributed by atoms with Gasteiger partial charge in [-0.25, -0.2) is 0 Å². The molecule has 1 aliphatic rings. The zero-order valence-electron chi connectivity index (χ0n) is 14.1. The summed E-state index contributed by atoms with van der Waals surface area (Å²) in [7, 11) is 0. The molecule has 1 N–H and O–H groups in total. The van der Waals surface area contributed by atoms with Gasteiger partial charge in [-0.05, 0) is 56.4 Å². The lowest BCUT2D eigenvalue weighted by molar-refractivity contribution is -0.120. The third-order valence-corrected chi connectivity index (χ3v) is 4.63. The Hall–Kier alpha value is -1.51. The molecular formula is C19H30N2O. The van der Waals surface area contributed by atoms with Crippen LogP contribution in [0, 0.1) is 5.92 Å². The van der Waals surface area contributed by atoms with Gasteiger partial charge >= 0.3 is 0 Å². The molecule has 1 amide bonds. The van der Waals surface area contributed by atoms with Gasteiger partial charge in [0.2, 0.25) is 5.91 Å². The van der Waals surface area contributed by atoms with E-state index in [1.54, 1.807) is 0 Å². The molecule has 1 unspecified atom stereocenters. The van der Waals surface area contributed by atoms with E-state index in [0.29, 0.717) is 0 Å². The summed E-state index contributed by atoms with van der Waals surface area (Å²) in [5, 5.41) is 3.07. The van der Waals surface area contributed by atoms with Crippen molar-refractivity contribution in [2.45, 2.75) is 58.8 Å². The predicted octanol–water partition coefficient (Wildman–Crippen LogP) is 4.83. The topological polar surface area (TPSA) is 32.3 Å². The number of hydrogen-bond acceptors (Lipinski definition) is 2. The SMILES string of the molecule is CCCCC(CC)C(=O)Nc1ccc(N2CCCCC2)cc1. The average molecular weight is 302 g/mol. The summed E-state index contributed by atoms with van der Waals surface area (Å²) in [6.45, 7) is 6.57. The van der Waals surface area contributed by atoms with Gasteiger partial charge in [-0.1, -0.05) is 26.7 Å². The molecule has 0 saturated carbocycles. The largest absolute Gasteiger partial charge is 0.372 e. The van der Waals surface area contributed by atoms with Crippen LogP contribution in [-0.4, -0.2) is 19.0 Å². The van der Waals surface area contributed by atoms with Gasteiger partial charge in [-0.15, -0.1) is 0 Å². The van der Waals surface area contributed by atoms with Crippen LogP contribution in [-0.2, 0) is 4.79 Å². The zero-order valence-corrected chi connectivity index (χ0v) is 14.1. The summed E-state index contributed by atoms with van der Waals surface area (Å²) in [4.78, 5) is 14.8. The molecule has 0 spiro atoms. The number of anilines is 2. The van der Waals surface area contributed by atoms with Crippen LogP contribution in [0.3, 0.4) is 0 Å². The Balaban J connectivity index is 1.90. The smallest absolute Gasteiger partial charge is 0.227 e. The summed E-state index contributed by atoms with van der Waals surface area (Å²) in [5.41, 5.74) is 2.19. The summed E-state index contributed by atoms with van der Waals surface area (Å²) in [5.74, 6) is 0.309. The van der Waals surface area contributed by atoms with E-state index in [9.17, 15) is 4.79 Å². The predicted molar refractivity (Wildman–Crippen MR) is 94.4 cm³/mol. The summed E-state index contributed by atoms with van der Waals surface area (Å²) in [6, 6.07) is 8.34. The lowest BCUT2D eigenvalue weighted by Crippen LogP contribution is -2.29. The molecule has 0 aromatic heterocycles. The van der Waals surface area contributed by atoms with Crippen molar-refractivity contribution in [3.05, 3.63) is 24.3 Å². The van der Waals surface area contributed by atoms with E-state index in [1.807, 2.05) is 12.1 Å². The number of piperidine rings is 1. The van der Waals surface area contributed by atoms with Crippen LogP contribution in [0.15, 0.2) is 24.3 Å². The molecule has 0 radical (unpaired) electrons. The molecule has 0 bridgehead atoms. The van der Waals surface area contributed by atoms with E-state index in [-0.39, 0.29) is 11.8 Å². The summed E-state index contributed by atoms with van der Waals surface area (Å²) >= 11 is 0. The second-order valence-corrected chi connectivity index (χ2v) is 6.33. The third-order valence-electron chi connectivity index (χ3n) is 4.63. The molecule has 22 heavy (non-hydrogen) atoms. The normalized spacial score (nSPS) is 16.4. The molecule has 122 valence electrons. The van der Waals surface area contributed by atoms with Crippen molar-refractivity contribution in [2.24, 2.45) is 5.92 Å². The Morgan fingerprint density at radius 1 is 1.14 bits per heavy atom. The van der Waals surface area contributed by atoms with Gasteiger partial charge in [-0.2, -0.15) is 0 Å². The van der Waals surface area contributed by atoms with Gasteiger partial charge in [0.25, 0.3) is 0 Å². The highest BCUT2D eigenvalue weighted by atomic mass is 16.1. The maximum Gasteiger partial charge on any atom is 0.227 e. The number of carbonyl (C=O) groups is 1. The molecule has 0 aliphatic carbocycles. The van der Waals surface area contributed by atoms with Crippen molar-refractivity contribution in [2.75, 3.05) is 23.3 Å². The van der Waals surface area contributed by atoms with Crippen LogP contribution < -0.4 is 10.2 Å². The number of unbranched alkanes of at least 4 members (excludes halogenated alkanes) is 1. The van der Waals surface area contributed by atoms with Crippen molar-refractivity contribution in [3.63, 3.8) is 0 Å². The minimum Gasteiger partial charge on any atom is -0.372 e. The van der Waals surface area contributed by atoms with Crippen LogP contribution in [0.2, 0.25) is 0 Å². The van der Waals surface area contributed by atoms with Crippen LogP contribution in [0.1, 0.15) is 58.8 Å². The minimum absolute atomic E-state index is 0.140. The lowest BCUT2D eigenvalue weighted by atomic mass is 9.98. The first-order valence-corrected chi connectivity index (χ1v) is 8.90. The van der Waals surface area contributed by atoms with Crippen LogP contribution >= 0.6 is 0 Å². The summed E-state index contributed by atoms with van der Waals surface area (Å²) in [6.07, 6.45) is 8.10. The van der Waals surface area contributed by atoms with E-state index in [2.05, 4.69) is 36.2 Å². The number of amides is 1. The van der Waals surface area contributed by atoms with E-state index in [0.717, 1.165) is 44.5 Å². The van der Waals surface area contributed by atoms with E-state index < -0.39 is 0 Å². The third kappa shape index (κ3) is 4.75. The van der Waals surface area contributed by atoms with Crippen molar-refractivity contribution >= 4 is 17.3 Å². The molecule has 3 nitrogen and oxygen atoms in total. The molecule has 1 atom stereocenters. The van der Waals surface area contributed by atoms with Crippen LogP contribution in [0.5, 0.6) is 0 Å². The van der Waals surface area contributed by atoms with E-state index >= 15 is 0 Å². The number of nitrogens with zero attached hydrogens (tertiary/aromatic N) is 1. The maximum atomic E-state index is 12.3. The number of hydrogen-bond donors (Lipinski definition) is 1. The Bertz CT molecular complexity index is 449. The average Bonchev–Trinajstić information content (AvgIpc) is 2.57. The molecule has 1 aliphatic heterocycles. The van der Waals surface area contributed by atoms with Gasteiger partial charge in [0.15, 0.2) is 0 Å². The molecule has 1 saturated heterocycles. The first-order valence-electron chi connectivity index (χ1n) is 8.90. The molecule has 1 heterocycles. The first kappa shape index (κ1) is 16.9. The van der Waals surface area contributed by atoms with Crippen molar-refractivity contribution in [3.8, 4) is 0 Å². The second-order valence-electron chi connectivity index (χ2n) is 6.33. The molecule has 1 fully saturated rings. The van der Waals surface area contributed by atoms with Crippen molar-refractivity contribution < 1.29 is 4.79 Å². The standard InChI is InChI=1S/C19H30N2O/c1-3-5-9-16(4-2)19(22)20-17-10-12-18(13-11-17)21-14-7-6-8-15-21/h10-13,16H,3-9,14-15H2,1-2H3,(H,20,22). The first-order chi connectivity index (χ1) is 10.7. The molecule has 1 aromatic carbocycles.